The van der Waals surface area contributed by atoms with Crippen LogP contribution in [0.4, 0.5) is 10.2 Å². The monoisotopic (exact) mass is 475 g/mol. The predicted molar refractivity (Wildman–Crippen MR) is 128 cm³/mol. The average molecular weight is 476 g/mol. The molecule has 33 heavy (non-hydrogen) atoms. The number of nitrogens with one attached hydrogen (secondary N) is 1. The van der Waals surface area contributed by atoms with Crippen LogP contribution in [0.3, 0.4) is 0 Å². The standard InChI is InChI=1S/C23H27ClFN5O3/c1-5-6-10-30(15(2)12-27-13-31)22(26-3)16-11-17(24)21(28-23(16)29(4)14-32)20-18(25)8-7-9-19(20)33/h5,7-9,11,13-15,33H,1,6,10,12H2,2-4H3,(H,27,31)/b26-22+. The van der Waals surface area contributed by atoms with E-state index in [0.29, 0.717) is 43.7 Å². The molecule has 0 aliphatic carbocycles. The lowest BCUT2D eigenvalue weighted by Crippen LogP contribution is -2.45. The average Bonchev–Trinajstić information content (AvgIpc) is 2.80. The molecule has 8 nitrogen and oxygen atoms in total. The van der Waals surface area contributed by atoms with Crippen molar-refractivity contribution in [2.75, 3.05) is 32.1 Å². The Bertz CT molecular complexity index is 1030. The van der Waals surface area contributed by atoms with E-state index in [9.17, 15) is 19.1 Å². The number of rotatable bonds is 11. The fourth-order valence-corrected chi connectivity index (χ4v) is 3.63. The minimum Gasteiger partial charge on any atom is -0.507 e. The molecule has 2 N–H and O–H groups in total. The highest BCUT2D eigenvalue weighted by molar-refractivity contribution is 6.33. The van der Waals surface area contributed by atoms with E-state index in [-0.39, 0.29) is 33.9 Å². The summed E-state index contributed by atoms with van der Waals surface area (Å²) in [5, 5.41) is 12.9. The molecule has 2 amide bonds. The van der Waals surface area contributed by atoms with Crippen molar-refractivity contribution in [1.82, 2.24) is 15.2 Å². The van der Waals surface area contributed by atoms with E-state index in [4.69, 9.17) is 11.6 Å². The highest BCUT2D eigenvalue weighted by Gasteiger charge is 2.26. The van der Waals surface area contributed by atoms with Gasteiger partial charge in [0.15, 0.2) is 0 Å². The van der Waals surface area contributed by atoms with Gasteiger partial charge < -0.3 is 20.2 Å². The van der Waals surface area contributed by atoms with E-state index in [1.54, 1.807) is 13.1 Å². The maximum Gasteiger partial charge on any atom is 0.215 e. The molecule has 0 saturated heterocycles. The summed E-state index contributed by atoms with van der Waals surface area (Å²) in [6, 6.07) is 5.24. The first-order valence-corrected chi connectivity index (χ1v) is 10.6. The molecule has 1 heterocycles. The maximum absolute atomic E-state index is 14.5. The quantitative estimate of drug-likeness (QED) is 0.225. The number of anilines is 1. The van der Waals surface area contributed by atoms with E-state index in [1.165, 1.54) is 36.2 Å². The third-order valence-electron chi connectivity index (χ3n) is 5.00. The molecule has 2 rings (SSSR count). The van der Waals surface area contributed by atoms with Crippen LogP contribution in [0, 0.1) is 5.82 Å². The molecule has 0 radical (unpaired) electrons. The van der Waals surface area contributed by atoms with Crippen molar-refractivity contribution in [2.45, 2.75) is 19.4 Å². The highest BCUT2D eigenvalue weighted by atomic mass is 35.5. The van der Waals surface area contributed by atoms with E-state index < -0.39 is 5.82 Å². The third kappa shape index (κ3) is 5.87. The molecular formula is C23H27ClFN5O3. The number of carbonyl (C=O) groups is 2. The number of aromatic hydroxyl groups is 1. The summed E-state index contributed by atoms with van der Waals surface area (Å²) in [5.41, 5.74) is 0.249. The Hall–Kier alpha value is -3.46. The number of pyridine rings is 1. The number of amidine groups is 1. The van der Waals surface area contributed by atoms with Crippen molar-refractivity contribution in [3.05, 3.63) is 53.3 Å². The van der Waals surface area contributed by atoms with Crippen molar-refractivity contribution >= 4 is 36.1 Å². The van der Waals surface area contributed by atoms with Crippen molar-refractivity contribution in [2.24, 2.45) is 4.99 Å². The molecule has 176 valence electrons. The van der Waals surface area contributed by atoms with E-state index >= 15 is 0 Å². The van der Waals surface area contributed by atoms with Gasteiger partial charge >= 0.3 is 0 Å². The van der Waals surface area contributed by atoms with Crippen LogP contribution in [0.1, 0.15) is 18.9 Å². The Labute approximate surface area is 197 Å². The number of aliphatic imine (C=N–C) groups is 1. The summed E-state index contributed by atoms with van der Waals surface area (Å²) in [6.07, 6.45) is 3.56. The minimum absolute atomic E-state index is 0.0107. The lowest BCUT2D eigenvalue weighted by atomic mass is 10.1. The molecule has 1 unspecified atom stereocenters. The summed E-state index contributed by atoms with van der Waals surface area (Å²) >= 11 is 6.51. The Morgan fingerprint density at radius 2 is 2.15 bits per heavy atom. The van der Waals surface area contributed by atoms with Gasteiger partial charge in [0.1, 0.15) is 23.2 Å². The molecule has 2 aromatic rings. The van der Waals surface area contributed by atoms with Gasteiger partial charge in [0, 0.05) is 33.2 Å². The number of hydrogen-bond donors (Lipinski definition) is 2. The molecule has 0 spiro atoms. The van der Waals surface area contributed by atoms with Crippen LogP contribution in [-0.2, 0) is 9.59 Å². The Morgan fingerprint density at radius 3 is 2.73 bits per heavy atom. The molecule has 0 bridgehead atoms. The van der Waals surface area contributed by atoms with Crippen molar-refractivity contribution < 1.29 is 19.1 Å². The zero-order valence-corrected chi connectivity index (χ0v) is 19.5. The predicted octanol–water partition coefficient (Wildman–Crippen LogP) is 3.23. The van der Waals surface area contributed by atoms with Gasteiger partial charge in [0.05, 0.1) is 21.8 Å². The summed E-state index contributed by atoms with van der Waals surface area (Å²) in [5.74, 6) is -0.393. The van der Waals surface area contributed by atoms with Crippen LogP contribution >= 0.6 is 11.6 Å². The number of phenols is 1. The molecule has 0 saturated carbocycles. The number of nitrogens with zero attached hydrogens (tertiary/aromatic N) is 4. The zero-order valence-electron chi connectivity index (χ0n) is 18.8. The fraction of sp³-hybridized carbons (Fsp3) is 0.304. The van der Waals surface area contributed by atoms with E-state index in [2.05, 4.69) is 21.9 Å². The van der Waals surface area contributed by atoms with E-state index in [1.807, 2.05) is 11.8 Å². The topological polar surface area (TPSA) is 98.1 Å². The van der Waals surface area contributed by atoms with Crippen LogP contribution in [0.15, 0.2) is 41.9 Å². The molecular weight excluding hydrogens is 449 g/mol. The largest absolute Gasteiger partial charge is 0.507 e. The van der Waals surface area contributed by atoms with Crippen molar-refractivity contribution in [3.8, 4) is 17.0 Å². The molecule has 10 heteroatoms. The first-order chi connectivity index (χ1) is 15.8. The van der Waals surface area contributed by atoms with Gasteiger partial charge in [-0.05, 0) is 31.5 Å². The SMILES string of the molecule is C=CCCN(/C(=N/C)c1cc(Cl)c(-c2c(O)cccc2F)nc1N(C)C=O)C(C)CNC=O. The number of hydrogen-bond acceptors (Lipinski definition) is 5. The Balaban J connectivity index is 2.72. The van der Waals surface area contributed by atoms with Crippen LogP contribution in [0.5, 0.6) is 5.75 Å². The van der Waals surface area contributed by atoms with Crippen molar-refractivity contribution in [3.63, 3.8) is 0 Å². The van der Waals surface area contributed by atoms with Crippen LogP contribution in [0.2, 0.25) is 5.02 Å². The summed E-state index contributed by atoms with van der Waals surface area (Å²) < 4.78 is 14.5. The molecule has 0 aliphatic heterocycles. The minimum atomic E-state index is -0.706. The van der Waals surface area contributed by atoms with Gasteiger partial charge in [-0.3, -0.25) is 14.6 Å². The molecule has 0 fully saturated rings. The number of aromatic nitrogens is 1. The van der Waals surface area contributed by atoms with Crippen LogP contribution in [-0.4, -0.2) is 66.9 Å². The van der Waals surface area contributed by atoms with Crippen molar-refractivity contribution in [1.29, 1.82) is 0 Å². The second-order valence-corrected chi connectivity index (χ2v) is 7.64. The van der Waals surface area contributed by atoms with Crippen LogP contribution in [0.25, 0.3) is 11.3 Å². The summed E-state index contributed by atoms with van der Waals surface area (Å²) in [6.45, 7) is 6.54. The maximum atomic E-state index is 14.5. The lowest BCUT2D eigenvalue weighted by molar-refractivity contribution is -0.109. The summed E-state index contributed by atoms with van der Waals surface area (Å²) in [4.78, 5) is 34.5. The second kappa shape index (κ2) is 12.0. The number of benzene rings is 1. The number of phenolic OH excluding ortho intramolecular Hbond substituents is 1. The second-order valence-electron chi connectivity index (χ2n) is 7.23. The third-order valence-corrected chi connectivity index (χ3v) is 5.29. The van der Waals surface area contributed by atoms with Gasteiger partial charge in [-0.25, -0.2) is 9.37 Å². The van der Waals surface area contributed by atoms with Gasteiger partial charge in [-0.15, -0.1) is 6.58 Å². The fourth-order valence-electron chi connectivity index (χ4n) is 3.38. The smallest absolute Gasteiger partial charge is 0.215 e. The highest BCUT2D eigenvalue weighted by Crippen LogP contribution is 2.38. The zero-order chi connectivity index (χ0) is 24.5. The molecule has 0 aliphatic rings. The molecule has 1 atom stereocenters. The van der Waals surface area contributed by atoms with Gasteiger partial charge in [-0.1, -0.05) is 23.7 Å². The number of halogens is 2. The first kappa shape index (κ1) is 25.8. The van der Waals surface area contributed by atoms with Gasteiger partial charge in [-0.2, -0.15) is 0 Å². The molecule has 1 aromatic heterocycles. The van der Waals surface area contributed by atoms with Crippen LogP contribution < -0.4 is 10.2 Å². The Morgan fingerprint density at radius 1 is 1.42 bits per heavy atom. The number of carbonyl (C=O) groups excluding carboxylic acids is 2. The normalized spacial score (nSPS) is 12.1. The molecule has 1 aromatic carbocycles. The lowest BCUT2D eigenvalue weighted by Gasteiger charge is -2.33. The number of amides is 2. The first-order valence-electron chi connectivity index (χ1n) is 10.2. The van der Waals surface area contributed by atoms with E-state index in [0.717, 1.165) is 0 Å². The summed E-state index contributed by atoms with van der Waals surface area (Å²) in [7, 11) is 3.09. The van der Waals surface area contributed by atoms with Gasteiger partial charge in [0.2, 0.25) is 12.8 Å². The van der Waals surface area contributed by atoms with Gasteiger partial charge in [0.25, 0.3) is 0 Å². The Kier molecular flexibility index (Phi) is 9.35.